The van der Waals surface area contributed by atoms with E-state index in [0.29, 0.717) is 23.0 Å². The molecule has 2 nitrogen and oxygen atoms in total. The molecule has 0 aromatic carbocycles. The molecule has 0 unspecified atom stereocenters. The normalized spacial score (nSPS) is 57.9. The molecule has 4 saturated carbocycles. The van der Waals surface area contributed by atoms with Gasteiger partial charge in [0, 0.05) is 6.42 Å². The zero-order valence-electron chi connectivity index (χ0n) is 13.9. The van der Waals surface area contributed by atoms with Crippen LogP contribution in [0.3, 0.4) is 0 Å². The minimum absolute atomic E-state index is 0.0787. The third kappa shape index (κ3) is 1.97. The van der Waals surface area contributed by atoms with Crippen LogP contribution in [0.4, 0.5) is 0 Å². The van der Waals surface area contributed by atoms with E-state index in [4.69, 9.17) is 0 Å². The van der Waals surface area contributed by atoms with Crippen molar-refractivity contribution >= 4 is 21.7 Å². The maximum Gasteiger partial charge on any atom is 0.146 e. The third-order valence-electron chi connectivity index (χ3n) is 8.43. The molecule has 4 fully saturated rings. The van der Waals surface area contributed by atoms with Crippen molar-refractivity contribution in [3.05, 3.63) is 0 Å². The Morgan fingerprint density at radius 3 is 2.55 bits per heavy atom. The number of alkyl halides is 1. The summed E-state index contributed by atoms with van der Waals surface area (Å²) < 4.78 is 0. The summed E-state index contributed by atoms with van der Waals surface area (Å²) in [6.45, 7) is 4.82. The number of rotatable bonds is 0. The molecule has 1 N–H and O–H groups in total. The number of hydrogen-bond donors (Lipinski definition) is 1. The summed E-state index contributed by atoms with van der Waals surface area (Å²) in [4.78, 5) is 12.2. The molecule has 0 aliphatic heterocycles. The first-order chi connectivity index (χ1) is 10.4. The van der Waals surface area contributed by atoms with E-state index in [-0.39, 0.29) is 16.3 Å². The lowest BCUT2D eigenvalue weighted by atomic mass is 9.45. The van der Waals surface area contributed by atoms with Crippen molar-refractivity contribution in [2.45, 2.75) is 76.1 Å². The van der Waals surface area contributed by atoms with Crippen LogP contribution < -0.4 is 0 Å². The highest BCUT2D eigenvalue weighted by atomic mass is 79.9. The summed E-state index contributed by atoms with van der Waals surface area (Å²) in [5.41, 5.74) is 0.502. The van der Waals surface area contributed by atoms with E-state index in [2.05, 4.69) is 29.8 Å². The first kappa shape index (κ1) is 15.6. The summed E-state index contributed by atoms with van der Waals surface area (Å²) in [6.07, 6.45) is 8.92. The zero-order valence-corrected chi connectivity index (χ0v) is 15.4. The Kier molecular flexibility index (Phi) is 3.59. The molecular weight excluding hydrogens is 340 g/mol. The van der Waals surface area contributed by atoms with Gasteiger partial charge in [-0.3, -0.25) is 4.79 Å². The number of fused-ring (bicyclic) bond motifs is 5. The average molecular weight is 369 g/mol. The molecule has 4 aliphatic carbocycles. The molecule has 0 spiro atoms. The van der Waals surface area contributed by atoms with Crippen molar-refractivity contribution in [3.8, 4) is 0 Å². The fraction of sp³-hybridized carbons (Fsp3) is 0.947. The van der Waals surface area contributed by atoms with E-state index in [0.717, 1.165) is 31.1 Å². The van der Waals surface area contributed by atoms with Crippen molar-refractivity contribution in [1.29, 1.82) is 0 Å². The maximum absolute atomic E-state index is 12.1. The van der Waals surface area contributed by atoms with Crippen LogP contribution in [0, 0.1) is 34.5 Å². The quantitative estimate of drug-likeness (QED) is 0.646. The van der Waals surface area contributed by atoms with Crippen LogP contribution in [0.5, 0.6) is 0 Å². The fourth-order valence-corrected chi connectivity index (χ4v) is 7.92. The fourth-order valence-electron chi connectivity index (χ4n) is 7.03. The van der Waals surface area contributed by atoms with E-state index in [1.165, 1.54) is 32.1 Å². The molecule has 0 amide bonds. The smallest absolute Gasteiger partial charge is 0.146 e. The highest BCUT2D eigenvalue weighted by Gasteiger charge is 2.60. The van der Waals surface area contributed by atoms with Crippen molar-refractivity contribution in [1.82, 2.24) is 0 Å². The topological polar surface area (TPSA) is 37.3 Å². The van der Waals surface area contributed by atoms with Gasteiger partial charge in [-0.1, -0.05) is 29.8 Å². The molecule has 8 atom stereocenters. The van der Waals surface area contributed by atoms with Gasteiger partial charge in [0.15, 0.2) is 0 Å². The standard InChI is InChI=1S/C19H29BrO2/c1-18-8-7-14-12(13(18)5-6-17(18)22)4-3-11-9-16(21)15(20)10-19(11,14)2/h11-15,17,22H,3-10H2,1-2H3/t11-,12-,13-,14-,15+,17-,18-,19-/m0/s1. The van der Waals surface area contributed by atoms with Gasteiger partial charge in [0.2, 0.25) is 0 Å². The first-order valence-electron chi connectivity index (χ1n) is 9.21. The number of Topliss-reactive ketones (excluding diaryl/α,β-unsaturated/α-hetero) is 1. The lowest BCUT2D eigenvalue weighted by Gasteiger charge is -2.60. The molecule has 0 aromatic heterocycles. The Labute approximate surface area is 142 Å². The van der Waals surface area contributed by atoms with Gasteiger partial charge in [-0.05, 0) is 79.4 Å². The second-order valence-electron chi connectivity index (χ2n) is 9.14. The summed E-state index contributed by atoms with van der Waals surface area (Å²) in [6, 6.07) is 0. The molecule has 4 aliphatic rings. The maximum atomic E-state index is 12.1. The monoisotopic (exact) mass is 368 g/mol. The number of ketones is 1. The molecule has 0 aromatic rings. The second kappa shape index (κ2) is 5.05. The Hall–Kier alpha value is 0.110. The predicted molar refractivity (Wildman–Crippen MR) is 90.8 cm³/mol. The van der Waals surface area contributed by atoms with Crippen LogP contribution in [0.1, 0.15) is 65.2 Å². The van der Waals surface area contributed by atoms with E-state index >= 15 is 0 Å². The lowest BCUT2D eigenvalue weighted by molar-refractivity contribution is -0.140. The number of halogens is 1. The first-order valence-corrected chi connectivity index (χ1v) is 10.1. The summed E-state index contributed by atoms with van der Waals surface area (Å²) >= 11 is 3.65. The Balaban J connectivity index is 1.65. The van der Waals surface area contributed by atoms with E-state index in [1.807, 2.05) is 0 Å². The van der Waals surface area contributed by atoms with Gasteiger partial charge in [0.1, 0.15) is 5.78 Å². The molecular formula is C19H29BrO2. The Morgan fingerprint density at radius 2 is 1.77 bits per heavy atom. The van der Waals surface area contributed by atoms with Crippen molar-refractivity contribution in [2.24, 2.45) is 34.5 Å². The molecule has 0 saturated heterocycles. The minimum Gasteiger partial charge on any atom is -0.393 e. The Morgan fingerprint density at radius 1 is 1.05 bits per heavy atom. The summed E-state index contributed by atoms with van der Waals surface area (Å²) in [5.74, 6) is 3.29. The van der Waals surface area contributed by atoms with Gasteiger partial charge >= 0.3 is 0 Å². The number of aliphatic hydroxyl groups is 1. The van der Waals surface area contributed by atoms with Crippen LogP contribution in [-0.2, 0) is 4.79 Å². The van der Waals surface area contributed by atoms with Gasteiger partial charge in [-0.2, -0.15) is 0 Å². The minimum atomic E-state index is -0.0826. The van der Waals surface area contributed by atoms with Gasteiger partial charge in [-0.15, -0.1) is 0 Å². The molecule has 0 bridgehead atoms. The molecule has 22 heavy (non-hydrogen) atoms. The molecule has 0 radical (unpaired) electrons. The van der Waals surface area contributed by atoms with E-state index < -0.39 is 0 Å². The molecule has 124 valence electrons. The van der Waals surface area contributed by atoms with Gasteiger partial charge < -0.3 is 5.11 Å². The van der Waals surface area contributed by atoms with Gasteiger partial charge in [0.05, 0.1) is 10.9 Å². The van der Waals surface area contributed by atoms with Crippen LogP contribution in [0.2, 0.25) is 0 Å². The zero-order chi connectivity index (χ0) is 15.7. The SMILES string of the molecule is C[C@]12C[C@@H](Br)C(=O)C[C@@H]1CC[C@@H]1[C@@H]2CC[C@]2(C)[C@@H](O)CC[C@@H]12. The van der Waals surface area contributed by atoms with Crippen LogP contribution >= 0.6 is 15.9 Å². The second-order valence-corrected chi connectivity index (χ2v) is 10.2. The average Bonchev–Trinajstić information content (AvgIpc) is 2.77. The largest absolute Gasteiger partial charge is 0.393 e. The number of aliphatic hydroxyl groups excluding tert-OH is 1. The van der Waals surface area contributed by atoms with Gasteiger partial charge in [0.25, 0.3) is 0 Å². The van der Waals surface area contributed by atoms with Crippen molar-refractivity contribution < 1.29 is 9.90 Å². The van der Waals surface area contributed by atoms with E-state index in [1.54, 1.807) is 0 Å². The van der Waals surface area contributed by atoms with Crippen molar-refractivity contribution in [2.75, 3.05) is 0 Å². The molecule has 4 rings (SSSR count). The molecule has 0 heterocycles. The summed E-state index contributed by atoms with van der Waals surface area (Å²) in [5, 5.41) is 10.5. The van der Waals surface area contributed by atoms with E-state index in [9.17, 15) is 9.90 Å². The lowest BCUT2D eigenvalue weighted by Crippen LogP contribution is -2.55. The highest BCUT2D eigenvalue weighted by molar-refractivity contribution is 9.10. The number of carbonyl (C=O) groups excluding carboxylic acids is 1. The van der Waals surface area contributed by atoms with Crippen LogP contribution in [0.25, 0.3) is 0 Å². The number of hydrogen-bond acceptors (Lipinski definition) is 2. The highest BCUT2D eigenvalue weighted by Crippen LogP contribution is 2.66. The molecule has 3 heteroatoms. The van der Waals surface area contributed by atoms with Crippen LogP contribution in [0.15, 0.2) is 0 Å². The Bertz CT molecular complexity index is 492. The van der Waals surface area contributed by atoms with Crippen molar-refractivity contribution in [3.63, 3.8) is 0 Å². The van der Waals surface area contributed by atoms with Gasteiger partial charge in [-0.25, -0.2) is 0 Å². The van der Waals surface area contributed by atoms with Crippen LogP contribution in [-0.4, -0.2) is 21.8 Å². The predicted octanol–water partition coefficient (Wildman–Crippen LogP) is 4.33. The third-order valence-corrected chi connectivity index (χ3v) is 9.27. The summed E-state index contributed by atoms with van der Waals surface area (Å²) in [7, 11) is 0. The number of carbonyl (C=O) groups is 1.